The van der Waals surface area contributed by atoms with Crippen LogP contribution in [0.25, 0.3) is 0 Å². The zero-order valence-electron chi connectivity index (χ0n) is 15.5. The molecule has 7 heteroatoms. The average molecular weight is 376 g/mol. The Morgan fingerprint density at radius 1 is 1.04 bits per heavy atom. The molecule has 0 fully saturated rings. The van der Waals surface area contributed by atoms with Gasteiger partial charge in [0, 0.05) is 30.9 Å². The molecule has 0 aliphatic rings. The first-order chi connectivity index (χ1) is 12.2. The molecular weight excluding hydrogens is 352 g/mol. The number of aryl methyl sites for hydroxylation is 2. The predicted molar refractivity (Wildman–Crippen MR) is 101 cm³/mol. The van der Waals surface area contributed by atoms with E-state index in [1.807, 2.05) is 19.9 Å². The minimum atomic E-state index is -3.69. The van der Waals surface area contributed by atoms with E-state index in [1.54, 1.807) is 26.0 Å². The van der Waals surface area contributed by atoms with E-state index < -0.39 is 15.6 Å². The van der Waals surface area contributed by atoms with Gasteiger partial charge in [-0.05, 0) is 37.1 Å². The van der Waals surface area contributed by atoms with E-state index in [1.165, 1.54) is 22.6 Å². The predicted octanol–water partition coefficient (Wildman–Crippen LogP) is 2.38. The van der Waals surface area contributed by atoms with Crippen molar-refractivity contribution in [1.29, 1.82) is 0 Å². The first-order valence-corrected chi connectivity index (χ1v) is 9.95. The Bertz CT molecular complexity index is 973. The number of hydrogen-bond acceptors (Lipinski definition) is 4. The van der Waals surface area contributed by atoms with Gasteiger partial charge in [-0.15, -0.1) is 0 Å². The minimum absolute atomic E-state index is 0.00804. The third-order valence-electron chi connectivity index (χ3n) is 4.44. The number of pyridine rings is 1. The molecule has 2 aromatic rings. The van der Waals surface area contributed by atoms with Crippen LogP contribution in [0.5, 0.6) is 0 Å². The number of benzene rings is 1. The SMILES string of the molecule is CCN(CC)S(=O)(=O)c1ccc(=O)n(CC(=O)c2ccc(C)c(C)c2)c1. The number of carbonyl (C=O) groups is 1. The number of Topliss-reactive ketones (excluding diaryl/α,β-unsaturated/α-hetero) is 1. The van der Waals surface area contributed by atoms with Gasteiger partial charge in [0.1, 0.15) is 0 Å². The van der Waals surface area contributed by atoms with E-state index in [2.05, 4.69) is 0 Å². The maximum atomic E-state index is 12.6. The third-order valence-corrected chi connectivity index (χ3v) is 6.48. The lowest BCUT2D eigenvalue weighted by Gasteiger charge is -2.19. The maximum Gasteiger partial charge on any atom is 0.251 e. The van der Waals surface area contributed by atoms with Crippen molar-refractivity contribution >= 4 is 15.8 Å². The molecule has 0 aliphatic heterocycles. The highest BCUT2D eigenvalue weighted by atomic mass is 32.2. The van der Waals surface area contributed by atoms with Gasteiger partial charge in [0.05, 0.1) is 11.4 Å². The lowest BCUT2D eigenvalue weighted by atomic mass is 10.0. The van der Waals surface area contributed by atoms with E-state index >= 15 is 0 Å². The molecule has 0 aliphatic carbocycles. The number of ketones is 1. The monoisotopic (exact) mass is 376 g/mol. The molecule has 0 spiro atoms. The summed E-state index contributed by atoms with van der Waals surface area (Å²) in [6.07, 6.45) is 1.24. The summed E-state index contributed by atoms with van der Waals surface area (Å²) in [5.41, 5.74) is 2.14. The summed E-state index contributed by atoms with van der Waals surface area (Å²) >= 11 is 0. The zero-order valence-corrected chi connectivity index (χ0v) is 16.3. The van der Waals surface area contributed by atoms with Crippen molar-refractivity contribution in [2.24, 2.45) is 0 Å². The smallest absolute Gasteiger partial charge is 0.251 e. The van der Waals surface area contributed by atoms with Gasteiger partial charge in [0.2, 0.25) is 10.0 Å². The van der Waals surface area contributed by atoms with Crippen molar-refractivity contribution in [1.82, 2.24) is 8.87 Å². The minimum Gasteiger partial charge on any atom is -0.306 e. The molecule has 26 heavy (non-hydrogen) atoms. The number of carbonyl (C=O) groups excluding carboxylic acids is 1. The molecule has 1 aromatic carbocycles. The van der Waals surface area contributed by atoms with Crippen LogP contribution in [-0.4, -0.2) is 36.2 Å². The molecule has 2 rings (SSSR count). The molecule has 0 radical (unpaired) electrons. The van der Waals surface area contributed by atoms with E-state index in [0.717, 1.165) is 15.7 Å². The van der Waals surface area contributed by atoms with Crippen molar-refractivity contribution in [3.05, 3.63) is 63.6 Å². The van der Waals surface area contributed by atoms with Crippen molar-refractivity contribution in [3.63, 3.8) is 0 Å². The highest BCUT2D eigenvalue weighted by Gasteiger charge is 2.22. The summed E-state index contributed by atoms with van der Waals surface area (Å²) in [6.45, 7) is 7.83. The Balaban J connectivity index is 2.37. The molecule has 1 heterocycles. The lowest BCUT2D eigenvalue weighted by molar-refractivity contribution is 0.0970. The zero-order chi connectivity index (χ0) is 19.5. The Morgan fingerprint density at radius 2 is 1.69 bits per heavy atom. The number of hydrogen-bond donors (Lipinski definition) is 0. The summed E-state index contributed by atoms with van der Waals surface area (Å²) in [7, 11) is -3.69. The van der Waals surface area contributed by atoms with Gasteiger partial charge in [-0.2, -0.15) is 4.31 Å². The number of aromatic nitrogens is 1. The standard InChI is InChI=1S/C19H24N2O4S/c1-5-21(6-2)26(24,25)17-9-10-19(23)20(12-17)13-18(22)16-8-7-14(3)15(4)11-16/h7-12H,5-6,13H2,1-4H3. The van der Waals surface area contributed by atoms with E-state index in [9.17, 15) is 18.0 Å². The quantitative estimate of drug-likeness (QED) is 0.695. The van der Waals surface area contributed by atoms with Gasteiger partial charge in [-0.1, -0.05) is 26.0 Å². The van der Waals surface area contributed by atoms with Crippen LogP contribution in [-0.2, 0) is 16.6 Å². The van der Waals surface area contributed by atoms with Crippen molar-refractivity contribution in [3.8, 4) is 0 Å². The van der Waals surface area contributed by atoms with Gasteiger partial charge < -0.3 is 4.57 Å². The van der Waals surface area contributed by atoms with Crippen LogP contribution in [0.2, 0.25) is 0 Å². The first kappa shape index (κ1) is 20.1. The molecule has 0 amide bonds. The first-order valence-electron chi connectivity index (χ1n) is 8.51. The highest BCUT2D eigenvalue weighted by Crippen LogP contribution is 2.15. The van der Waals surface area contributed by atoms with Crippen LogP contribution in [0.4, 0.5) is 0 Å². The Labute approximate surface area is 154 Å². The van der Waals surface area contributed by atoms with Gasteiger partial charge in [0.15, 0.2) is 5.78 Å². The Morgan fingerprint density at radius 3 is 2.27 bits per heavy atom. The van der Waals surface area contributed by atoms with Crippen LogP contribution in [0.15, 0.2) is 46.2 Å². The van der Waals surface area contributed by atoms with E-state index in [-0.39, 0.29) is 17.2 Å². The molecular formula is C19H24N2O4S. The van der Waals surface area contributed by atoms with Crippen LogP contribution < -0.4 is 5.56 Å². The fourth-order valence-electron chi connectivity index (χ4n) is 2.66. The van der Waals surface area contributed by atoms with Gasteiger partial charge in [-0.3, -0.25) is 9.59 Å². The highest BCUT2D eigenvalue weighted by molar-refractivity contribution is 7.89. The van der Waals surface area contributed by atoms with Crippen LogP contribution in [0, 0.1) is 13.8 Å². The van der Waals surface area contributed by atoms with Gasteiger partial charge >= 0.3 is 0 Å². The summed E-state index contributed by atoms with van der Waals surface area (Å²) in [5.74, 6) is -0.243. The second-order valence-corrected chi connectivity index (χ2v) is 8.08. The second kappa shape index (κ2) is 7.97. The second-order valence-electron chi connectivity index (χ2n) is 6.14. The summed E-state index contributed by atoms with van der Waals surface area (Å²) < 4.78 is 27.7. The van der Waals surface area contributed by atoms with Crippen molar-refractivity contribution in [2.45, 2.75) is 39.1 Å². The summed E-state index contributed by atoms with van der Waals surface area (Å²) in [6, 6.07) is 7.81. The summed E-state index contributed by atoms with van der Waals surface area (Å²) in [4.78, 5) is 24.6. The number of nitrogens with zero attached hydrogens (tertiary/aromatic N) is 2. The van der Waals surface area contributed by atoms with Crippen molar-refractivity contribution < 1.29 is 13.2 Å². The molecule has 1 aromatic heterocycles. The lowest BCUT2D eigenvalue weighted by Crippen LogP contribution is -2.32. The number of sulfonamides is 1. The number of rotatable bonds is 7. The Hall–Kier alpha value is -2.25. The summed E-state index contributed by atoms with van der Waals surface area (Å²) in [5, 5.41) is 0. The average Bonchev–Trinajstić information content (AvgIpc) is 2.59. The largest absolute Gasteiger partial charge is 0.306 e. The fraction of sp³-hybridized carbons (Fsp3) is 0.368. The van der Waals surface area contributed by atoms with Crippen LogP contribution in [0.3, 0.4) is 0 Å². The molecule has 0 saturated carbocycles. The van der Waals surface area contributed by atoms with Crippen LogP contribution in [0.1, 0.15) is 35.3 Å². The third kappa shape index (κ3) is 4.11. The van der Waals surface area contributed by atoms with E-state index in [0.29, 0.717) is 18.7 Å². The molecule has 0 saturated heterocycles. The van der Waals surface area contributed by atoms with Crippen LogP contribution >= 0.6 is 0 Å². The molecule has 6 nitrogen and oxygen atoms in total. The topological polar surface area (TPSA) is 76.5 Å². The van der Waals surface area contributed by atoms with Gasteiger partial charge in [-0.25, -0.2) is 8.42 Å². The normalized spacial score (nSPS) is 11.7. The molecule has 0 N–H and O–H groups in total. The fourth-order valence-corrected chi connectivity index (χ4v) is 4.14. The molecule has 0 bridgehead atoms. The Kier molecular flexibility index (Phi) is 6.15. The maximum absolute atomic E-state index is 12.6. The molecule has 0 atom stereocenters. The molecule has 0 unspecified atom stereocenters. The molecule has 140 valence electrons. The van der Waals surface area contributed by atoms with Gasteiger partial charge in [0.25, 0.3) is 5.56 Å². The van der Waals surface area contributed by atoms with E-state index in [4.69, 9.17) is 0 Å². The van der Waals surface area contributed by atoms with Crippen molar-refractivity contribution in [2.75, 3.05) is 13.1 Å².